The number of esters is 4. The highest BCUT2D eigenvalue weighted by Gasteiger charge is 2.30. The number of phosphoric ester groups is 2. The molecule has 0 aromatic heterocycles. The van der Waals surface area contributed by atoms with Crippen molar-refractivity contribution < 1.29 is 80.2 Å². The summed E-state index contributed by atoms with van der Waals surface area (Å²) in [5.74, 6) is 0.699. The Morgan fingerprint density at radius 3 is 0.866 bits per heavy atom. The minimum Gasteiger partial charge on any atom is -0.462 e. The second-order valence-corrected chi connectivity index (χ2v) is 27.4. The fraction of sp³-hybridized carbons (Fsp3) is 0.937. The summed E-state index contributed by atoms with van der Waals surface area (Å²) >= 11 is 0. The first-order valence-electron chi connectivity index (χ1n) is 32.7. The van der Waals surface area contributed by atoms with Crippen LogP contribution < -0.4 is 0 Å². The Balaban J connectivity index is 5.24. The van der Waals surface area contributed by atoms with Crippen LogP contribution in [0.3, 0.4) is 0 Å². The summed E-state index contributed by atoms with van der Waals surface area (Å²) in [7, 11) is -9.89. The molecule has 0 spiro atoms. The number of hydrogen-bond donors (Lipinski definition) is 3. The Labute approximate surface area is 498 Å². The van der Waals surface area contributed by atoms with E-state index in [-0.39, 0.29) is 25.7 Å². The van der Waals surface area contributed by atoms with Crippen molar-refractivity contribution in [2.24, 2.45) is 23.7 Å². The highest BCUT2D eigenvalue weighted by molar-refractivity contribution is 7.47. The summed E-state index contributed by atoms with van der Waals surface area (Å²) in [4.78, 5) is 72.1. The highest BCUT2D eigenvalue weighted by Crippen LogP contribution is 2.45. The minimum atomic E-state index is -4.94. The maximum atomic E-state index is 13.0. The van der Waals surface area contributed by atoms with E-state index in [0.29, 0.717) is 37.5 Å². The van der Waals surface area contributed by atoms with Gasteiger partial charge in [0.25, 0.3) is 0 Å². The van der Waals surface area contributed by atoms with E-state index < -0.39 is 97.5 Å². The molecule has 0 saturated heterocycles. The third-order valence-electron chi connectivity index (χ3n) is 14.7. The lowest BCUT2D eigenvalue weighted by Crippen LogP contribution is -2.30. The Kier molecular flexibility index (Phi) is 52.0. The largest absolute Gasteiger partial charge is 0.472 e. The summed E-state index contributed by atoms with van der Waals surface area (Å²) in [5.41, 5.74) is 0. The van der Waals surface area contributed by atoms with Crippen LogP contribution in [0.2, 0.25) is 0 Å². The van der Waals surface area contributed by atoms with E-state index in [2.05, 4.69) is 55.4 Å². The number of aliphatic hydroxyl groups excluding tert-OH is 1. The van der Waals surface area contributed by atoms with E-state index in [0.717, 1.165) is 115 Å². The van der Waals surface area contributed by atoms with E-state index in [9.17, 15) is 43.2 Å². The van der Waals surface area contributed by atoms with E-state index in [1.807, 2.05) is 0 Å². The molecule has 0 saturated carbocycles. The number of rotatable bonds is 60. The lowest BCUT2D eigenvalue weighted by Gasteiger charge is -2.21. The van der Waals surface area contributed by atoms with Gasteiger partial charge in [-0.25, -0.2) is 9.13 Å². The molecule has 0 fully saturated rings. The number of phosphoric acid groups is 2. The van der Waals surface area contributed by atoms with Crippen molar-refractivity contribution in [2.45, 2.75) is 318 Å². The Morgan fingerprint density at radius 2 is 0.585 bits per heavy atom. The Hall–Kier alpha value is -1.94. The third kappa shape index (κ3) is 55.9. The molecule has 0 amide bonds. The van der Waals surface area contributed by atoms with Gasteiger partial charge in [-0.3, -0.25) is 37.3 Å². The van der Waals surface area contributed by atoms with Crippen LogP contribution in [0.4, 0.5) is 0 Å². The molecular formula is C63H122O17P2. The molecule has 6 atom stereocenters. The van der Waals surface area contributed by atoms with Crippen molar-refractivity contribution in [2.75, 3.05) is 39.6 Å². The smallest absolute Gasteiger partial charge is 0.462 e. The van der Waals surface area contributed by atoms with Crippen LogP contribution in [0.25, 0.3) is 0 Å². The molecule has 82 heavy (non-hydrogen) atoms. The molecule has 0 aliphatic heterocycles. The topological polar surface area (TPSA) is 237 Å². The van der Waals surface area contributed by atoms with Crippen LogP contribution in [0.15, 0.2) is 0 Å². The molecule has 17 nitrogen and oxygen atoms in total. The van der Waals surface area contributed by atoms with Gasteiger partial charge >= 0.3 is 39.5 Å². The molecule has 0 aromatic rings. The van der Waals surface area contributed by atoms with Crippen molar-refractivity contribution in [3.8, 4) is 0 Å². The first kappa shape index (κ1) is 80.1. The minimum absolute atomic E-state index is 0.101. The maximum Gasteiger partial charge on any atom is 0.472 e. The van der Waals surface area contributed by atoms with Gasteiger partial charge in [-0.2, -0.15) is 0 Å². The summed E-state index contributed by atoms with van der Waals surface area (Å²) < 4.78 is 67.9. The van der Waals surface area contributed by atoms with E-state index >= 15 is 0 Å². The van der Waals surface area contributed by atoms with Gasteiger partial charge in [-0.1, -0.05) is 248 Å². The SMILES string of the molecule is CCC(C)CCCCCCCCC(=O)O[C@H](COC(=O)CCCCCCCCC(C)C)COP(=O)(O)OC[C@H](O)COP(=O)(O)OC[C@@H](COC(=O)CCCCCCCCC(C)C)OC(=O)CCCCCCCCCCCCCC(C)C. The highest BCUT2D eigenvalue weighted by atomic mass is 31.2. The van der Waals surface area contributed by atoms with Crippen LogP contribution >= 0.6 is 15.6 Å². The molecule has 0 radical (unpaired) electrons. The quantitative estimate of drug-likeness (QED) is 0.0222. The van der Waals surface area contributed by atoms with Gasteiger partial charge in [0.2, 0.25) is 0 Å². The molecule has 0 aliphatic rings. The van der Waals surface area contributed by atoms with E-state index in [1.54, 1.807) is 0 Å². The summed E-state index contributed by atoms with van der Waals surface area (Å²) in [6, 6.07) is 0. The predicted molar refractivity (Wildman–Crippen MR) is 326 cm³/mol. The van der Waals surface area contributed by atoms with Crippen LogP contribution in [-0.4, -0.2) is 96.7 Å². The second kappa shape index (κ2) is 53.3. The molecule has 19 heteroatoms. The molecule has 0 heterocycles. The second-order valence-electron chi connectivity index (χ2n) is 24.5. The van der Waals surface area contributed by atoms with Crippen molar-refractivity contribution in [3.63, 3.8) is 0 Å². The third-order valence-corrected chi connectivity index (χ3v) is 16.6. The molecule has 0 aromatic carbocycles. The monoisotopic (exact) mass is 1210 g/mol. The molecule has 3 unspecified atom stereocenters. The standard InChI is InChI=1S/C63H122O17P2/c1-9-56(8)42-34-26-19-22-30-38-46-63(68)80-59(50-74-61(66)44-36-28-21-18-25-33-41-55(6)7)52-78-82(71,72)76-48-57(64)47-75-81(69,70)77-51-58(49-73-60(65)43-35-27-20-17-24-32-40-54(4)5)79-62(67)45-37-29-16-14-12-10-11-13-15-23-31-39-53(2)3/h53-59,64H,9-52H2,1-8H3,(H,69,70)(H,71,72)/t56?,57-,58-,59-/m1/s1. The van der Waals surface area contributed by atoms with Crippen molar-refractivity contribution in [1.82, 2.24) is 0 Å². The van der Waals surface area contributed by atoms with Gasteiger partial charge in [-0.15, -0.1) is 0 Å². The number of hydrogen-bond acceptors (Lipinski definition) is 15. The lowest BCUT2D eigenvalue weighted by molar-refractivity contribution is -0.161. The first-order chi connectivity index (χ1) is 39.1. The number of ether oxygens (including phenoxy) is 4. The predicted octanol–water partition coefficient (Wildman–Crippen LogP) is 17.0. The van der Waals surface area contributed by atoms with Gasteiger partial charge in [0, 0.05) is 25.7 Å². The average Bonchev–Trinajstić information content (AvgIpc) is 3.42. The molecule has 486 valence electrons. The zero-order valence-corrected chi connectivity index (χ0v) is 54.9. The van der Waals surface area contributed by atoms with E-state index in [1.165, 1.54) is 89.9 Å². The number of unbranched alkanes of at least 4 members (excludes halogenated alkanes) is 25. The normalized spacial score (nSPS) is 14.8. The van der Waals surface area contributed by atoms with Crippen LogP contribution in [0.5, 0.6) is 0 Å². The Morgan fingerprint density at radius 1 is 0.341 bits per heavy atom. The number of aliphatic hydroxyl groups is 1. The average molecular weight is 1210 g/mol. The van der Waals surface area contributed by atoms with Crippen LogP contribution in [0, 0.1) is 23.7 Å². The number of carbonyl (C=O) groups excluding carboxylic acids is 4. The summed E-state index contributed by atoms with van der Waals surface area (Å²) in [5, 5.41) is 10.5. The van der Waals surface area contributed by atoms with Crippen LogP contribution in [0.1, 0.15) is 299 Å². The van der Waals surface area contributed by atoms with Gasteiger partial charge in [0.1, 0.15) is 19.3 Å². The molecule has 0 rings (SSSR count). The van der Waals surface area contributed by atoms with Crippen molar-refractivity contribution in [1.29, 1.82) is 0 Å². The van der Waals surface area contributed by atoms with Gasteiger partial charge in [0.05, 0.1) is 26.4 Å². The number of carbonyl (C=O) groups is 4. The van der Waals surface area contributed by atoms with Gasteiger partial charge in [0.15, 0.2) is 12.2 Å². The van der Waals surface area contributed by atoms with Crippen molar-refractivity contribution >= 4 is 39.5 Å². The molecule has 0 bridgehead atoms. The van der Waals surface area contributed by atoms with E-state index in [4.69, 9.17) is 37.0 Å². The lowest BCUT2D eigenvalue weighted by atomic mass is 10.00. The first-order valence-corrected chi connectivity index (χ1v) is 35.7. The van der Waals surface area contributed by atoms with Crippen LogP contribution in [-0.2, 0) is 65.4 Å². The molecule has 3 N–H and O–H groups in total. The molecule has 0 aliphatic carbocycles. The van der Waals surface area contributed by atoms with Gasteiger partial charge in [-0.05, 0) is 49.4 Å². The molecular weight excluding hydrogens is 1090 g/mol. The fourth-order valence-electron chi connectivity index (χ4n) is 9.22. The van der Waals surface area contributed by atoms with Crippen molar-refractivity contribution in [3.05, 3.63) is 0 Å². The summed E-state index contributed by atoms with van der Waals surface area (Å²) in [6.07, 6.45) is 32.4. The van der Waals surface area contributed by atoms with Gasteiger partial charge < -0.3 is 33.8 Å². The Bertz CT molecular complexity index is 1650. The summed E-state index contributed by atoms with van der Waals surface area (Å²) in [6.45, 7) is 13.9. The zero-order chi connectivity index (χ0) is 61.1. The fourth-order valence-corrected chi connectivity index (χ4v) is 10.8. The zero-order valence-electron chi connectivity index (χ0n) is 53.1. The maximum absolute atomic E-state index is 13.0.